The number of methoxy groups -OCH3 is 1. The predicted octanol–water partition coefficient (Wildman–Crippen LogP) is 1.31. The van der Waals surface area contributed by atoms with Gasteiger partial charge in [0.15, 0.2) is 0 Å². The van der Waals surface area contributed by atoms with Gasteiger partial charge in [0.1, 0.15) is 0 Å². The van der Waals surface area contributed by atoms with Crippen LogP contribution in [0.25, 0.3) is 0 Å². The maximum Gasteiger partial charge on any atom is 0.305 e. The van der Waals surface area contributed by atoms with Crippen LogP contribution in [0.1, 0.15) is 23.6 Å². The lowest BCUT2D eigenvalue weighted by Crippen LogP contribution is -2.16. The number of hydrogen-bond donors (Lipinski definition) is 2. The van der Waals surface area contributed by atoms with Crippen LogP contribution >= 0.6 is 0 Å². The summed E-state index contributed by atoms with van der Waals surface area (Å²) >= 11 is 0. The van der Waals surface area contributed by atoms with Crippen molar-refractivity contribution in [3.05, 3.63) is 35.4 Å². The van der Waals surface area contributed by atoms with Crippen LogP contribution in [0.2, 0.25) is 0 Å². The lowest BCUT2D eigenvalue weighted by molar-refractivity contribution is -0.137. The smallest absolute Gasteiger partial charge is 0.305 e. The van der Waals surface area contributed by atoms with E-state index in [-0.39, 0.29) is 6.42 Å². The summed E-state index contributed by atoms with van der Waals surface area (Å²) < 4.78 is 5.02. The first kappa shape index (κ1) is 11.7. The Morgan fingerprint density at radius 1 is 1.53 bits per heavy atom. The predicted molar refractivity (Wildman–Crippen MR) is 56.3 cm³/mol. The number of nitrogens with two attached hydrogens (primary N) is 1. The number of carboxylic acid groups (broad SMARTS) is 1. The Morgan fingerprint density at radius 2 is 2.20 bits per heavy atom. The molecule has 1 unspecified atom stereocenters. The van der Waals surface area contributed by atoms with Gasteiger partial charge in [0, 0.05) is 13.2 Å². The van der Waals surface area contributed by atoms with E-state index in [1.807, 2.05) is 24.3 Å². The van der Waals surface area contributed by atoms with Crippen molar-refractivity contribution in [1.82, 2.24) is 0 Å². The summed E-state index contributed by atoms with van der Waals surface area (Å²) in [4.78, 5) is 10.5. The van der Waals surface area contributed by atoms with Crippen LogP contribution in [0.5, 0.6) is 0 Å². The lowest BCUT2D eigenvalue weighted by atomic mass is 9.99. The number of benzene rings is 1. The van der Waals surface area contributed by atoms with Crippen molar-refractivity contribution in [3.63, 3.8) is 0 Å². The van der Waals surface area contributed by atoms with Gasteiger partial charge in [-0.3, -0.25) is 4.79 Å². The molecule has 0 spiro atoms. The van der Waals surface area contributed by atoms with Crippen LogP contribution in [0.4, 0.5) is 0 Å². The van der Waals surface area contributed by atoms with Gasteiger partial charge in [-0.15, -0.1) is 0 Å². The third kappa shape index (κ3) is 3.34. The van der Waals surface area contributed by atoms with E-state index in [9.17, 15) is 4.79 Å². The Hall–Kier alpha value is -1.39. The van der Waals surface area contributed by atoms with E-state index in [0.717, 1.165) is 11.1 Å². The molecule has 0 aliphatic rings. The molecule has 82 valence electrons. The highest BCUT2D eigenvalue weighted by atomic mass is 16.5. The molecular weight excluding hydrogens is 194 g/mol. The van der Waals surface area contributed by atoms with Crippen molar-refractivity contribution in [2.45, 2.75) is 19.1 Å². The fraction of sp³-hybridized carbons (Fsp3) is 0.364. The maximum absolute atomic E-state index is 10.5. The van der Waals surface area contributed by atoms with Crippen LogP contribution in [0.3, 0.4) is 0 Å². The van der Waals surface area contributed by atoms with Gasteiger partial charge >= 0.3 is 5.97 Å². The van der Waals surface area contributed by atoms with Gasteiger partial charge in [0.05, 0.1) is 13.0 Å². The number of carbonyl (C=O) groups is 1. The number of hydrogen-bond acceptors (Lipinski definition) is 3. The summed E-state index contributed by atoms with van der Waals surface area (Å²) in [6.45, 7) is 0.448. The molecule has 0 aromatic heterocycles. The molecule has 0 amide bonds. The molecule has 1 rings (SSSR count). The molecule has 4 heteroatoms. The molecule has 1 aromatic carbocycles. The van der Waals surface area contributed by atoms with E-state index in [1.165, 1.54) is 0 Å². The number of aliphatic carboxylic acids is 1. The Morgan fingerprint density at radius 3 is 2.80 bits per heavy atom. The van der Waals surface area contributed by atoms with Crippen molar-refractivity contribution in [1.29, 1.82) is 0 Å². The highest BCUT2D eigenvalue weighted by Gasteiger charge is 2.13. The van der Waals surface area contributed by atoms with Crippen LogP contribution in [0, 0.1) is 0 Å². The molecular formula is C11H15NO3. The zero-order chi connectivity index (χ0) is 11.3. The Labute approximate surface area is 88.7 Å². The van der Waals surface area contributed by atoms with Crippen LogP contribution in [-0.4, -0.2) is 18.2 Å². The minimum absolute atomic E-state index is 0.0687. The quantitative estimate of drug-likeness (QED) is 0.766. The van der Waals surface area contributed by atoms with Crippen LogP contribution in [0.15, 0.2) is 24.3 Å². The average Bonchev–Trinajstić information content (AvgIpc) is 2.18. The second-order valence-corrected chi connectivity index (χ2v) is 3.34. The van der Waals surface area contributed by atoms with Crippen molar-refractivity contribution in [2.75, 3.05) is 7.11 Å². The van der Waals surface area contributed by atoms with Crippen LogP contribution in [-0.2, 0) is 16.1 Å². The number of ether oxygens (including phenoxy) is 1. The van der Waals surface area contributed by atoms with E-state index in [4.69, 9.17) is 15.6 Å². The molecule has 1 aromatic rings. The summed E-state index contributed by atoms with van der Waals surface area (Å²) in [5.41, 5.74) is 7.56. The second kappa shape index (κ2) is 5.48. The number of rotatable bonds is 5. The van der Waals surface area contributed by atoms with E-state index in [1.54, 1.807) is 7.11 Å². The second-order valence-electron chi connectivity index (χ2n) is 3.34. The molecule has 0 radical (unpaired) electrons. The van der Waals surface area contributed by atoms with Gasteiger partial charge in [-0.05, 0) is 11.1 Å². The monoisotopic (exact) mass is 209 g/mol. The Bertz CT molecular complexity index is 338. The summed E-state index contributed by atoms with van der Waals surface area (Å²) in [5, 5.41) is 8.65. The van der Waals surface area contributed by atoms with Gasteiger partial charge in [0.2, 0.25) is 0 Å². The fourth-order valence-electron chi connectivity index (χ4n) is 1.48. The molecule has 0 heterocycles. The van der Waals surface area contributed by atoms with E-state index >= 15 is 0 Å². The normalized spacial score (nSPS) is 12.4. The van der Waals surface area contributed by atoms with Gasteiger partial charge in [-0.1, -0.05) is 24.3 Å². The standard InChI is InChI=1S/C11H15NO3/c1-15-7-8-4-2-3-5-9(8)10(12)6-11(13)14/h2-5,10H,6-7,12H2,1H3,(H,13,14). The lowest BCUT2D eigenvalue weighted by Gasteiger charge is -2.14. The zero-order valence-corrected chi connectivity index (χ0v) is 8.64. The summed E-state index contributed by atoms with van der Waals surface area (Å²) in [6.07, 6.45) is -0.0687. The molecule has 0 bridgehead atoms. The van der Waals surface area contributed by atoms with E-state index in [0.29, 0.717) is 6.61 Å². The van der Waals surface area contributed by atoms with Gasteiger partial charge in [0.25, 0.3) is 0 Å². The molecule has 3 N–H and O–H groups in total. The average molecular weight is 209 g/mol. The van der Waals surface area contributed by atoms with Gasteiger partial charge in [-0.25, -0.2) is 0 Å². The molecule has 0 aliphatic heterocycles. The van der Waals surface area contributed by atoms with Crippen molar-refractivity contribution in [2.24, 2.45) is 5.73 Å². The van der Waals surface area contributed by atoms with Gasteiger partial charge < -0.3 is 15.6 Å². The van der Waals surface area contributed by atoms with Crippen molar-refractivity contribution < 1.29 is 14.6 Å². The van der Waals surface area contributed by atoms with E-state index in [2.05, 4.69) is 0 Å². The molecule has 4 nitrogen and oxygen atoms in total. The summed E-state index contributed by atoms with van der Waals surface area (Å²) in [6, 6.07) is 6.97. The first-order chi connectivity index (χ1) is 7.15. The largest absolute Gasteiger partial charge is 0.481 e. The third-order valence-electron chi connectivity index (χ3n) is 2.15. The molecule has 0 saturated heterocycles. The molecule has 1 atom stereocenters. The topological polar surface area (TPSA) is 72.5 Å². The SMILES string of the molecule is COCc1ccccc1C(N)CC(=O)O. The summed E-state index contributed by atoms with van der Waals surface area (Å²) in [5.74, 6) is -0.894. The molecule has 0 fully saturated rings. The van der Waals surface area contributed by atoms with Crippen LogP contribution < -0.4 is 5.73 Å². The van der Waals surface area contributed by atoms with E-state index < -0.39 is 12.0 Å². The molecule has 0 aliphatic carbocycles. The first-order valence-corrected chi connectivity index (χ1v) is 4.69. The number of carboxylic acids is 1. The van der Waals surface area contributed by atoms with Crippen molar-refractivity contribution >= 4 is 5.97 Å². The van der Waals surface area contributed by atoms with Crippen molar-refractivity contribution in [3.8, 4) is 0 Å². The fourth-order valence-corrected chi connectivity index (χ4v) is 1.48. The minimum Gasteiger partial charge on any atom is -0.481 e. The third-order valence-corrected chi connectivity index (χ3v) is 2.15. The minimum atomic E-state index is -0.894. The highest BCUT2D eigenvalue weighted by Crippen LogP contribution is 2.19. The Balaban J connectivity index is 2.86. The zero-order valence-electron chi connectivity index (χ0n) is 8.64. The molecule has 15 heavy (non-hydrogen) atoms. The maximum atomic E-state index is 10.5. The molecule has 0 saturated carbocycles. The highest BCUT2D eigenvalue weighted by molar-refractivity contribution is 5.68. The van der Waals surface area contributed by atoms with Gasteiger partial charge in [-0.2, -0.15) is 0 Å². The Kier molecular flexibility index (Phi) is 4.27. The first-order valence-electron chi connectivity index (χ1n) is 4.69. The summed E-state index contributed by atoms with van der Waals surface area (Å²) in [7, 11) is 1.60.